The van der Waals surface area contributed by atoms with E-state index in [0.717, 1.165) is 23.5 Å². The van der Waals surface area contributed by atoms with Crippen molar-refractivity contribution in [1.29, 1.82) is 0 Å². The van der Waals surface area contributed by atoms with Crippen LogP contribution in [0.25, 0.3) is 0 Å². The van der Waals surface area contributed by atoms with Crippen LogP contribution in [-0.4, -0.2) is 51.3 Å². The Morgan fingerprint density at radius 2 is 2.00 bits per heavy atom. The maximum Gasteiger partial charge on any atom is 0.293 e. The van der Waals surface area contributed by atoms with Crippen molar-refractivity contribution in [3.63, 3.8) is 0 Å². The maximum atomic E-state index is 12.6. The van der Waals surface area contributed by atoms with Gasteiger partial charge in [-0.05, 0) is 35.6 Å². The summed E-state index contributed by atoms with van der Waals surface area (Å²) < 4.78 is 14.3. The van der Waals surface area contributed by atoms with Crippen molar-refractivity contribution < 1.29 is 19.1 Å². The molecule has 0 radical (unpaired) electrons. The molecule has 4 rings (SSSR count). The molecule has 0 N–H and O–H groups in total. The summed E-state index contributed by atoms with van der Waals surface area (Å²) in [6, 6.07) is 5.42. The number of aromatic nitrogens is 2. The first kappa shape index (κ1) is 14.9. The van der Waals surface area contributed by atoms with E-state index in [-0.39, 0.29) is 30.7 Å². The minimum atomic E-state index is -0.291. The number of carbonyl (C=O) groups is 2. The van der Waals surface area contributed by atoms with Crippen LogP contribution in [0.5, 0.6) is 11.5 Å². The Bertz CT molecular complexity index is 780. The minimum absolute atomic E-state index is 0.136. The van der Waals surface area contributed by atoms with E-state index in [9.17, 15) is 9.59 Å². The van der Waals surface area contributed by atoms with Gasteiger partial charge in [0.25, 0.3) is 5.91 Å². The molecule has 1 aromatic heterocycles. The van der Waals surface area contributed by atoms with Gasteiger partial charge >= 0.3 is 0 Å². The van der Waals surface area contributed by atoms with Gasteiger partial charge in [0, 0.05) is 18.5 Å². The van der Waals surface area contributed by atoms with Crippen molar-refractivity contribution in [3.8, 4) is 11.5 Å². The van der Waals surface area contributed by atoms with Gasteiger partial charge in [-0.2, -0.15) is 0 Å². The van der Waals surface area contributed by atoms with Gasteiger partial charge in [0.05, 0.1) is 6.42 Å². The van der Waals surface area contributed by atoms with Crippen LogP contribution < -0.4 is 9.47 Å². The van der Waals surface area contributed by atoms with Crippen LogP contribution in [0.15, 0.2) is 23.6 Å². The topological polar surface area (TPSA) is 84.9 Å². The number of benzene rings is 1. The SMILES string of the molecule is O=C(Cc1ccc2c(c1)OCO2)N1CCCN1C(=O)c1csnn1. The molecule has 9 heteroatoms. The van der Waals surface area contributed by atoms with Crippen LogP contribution in [-0.2, 0) is 11.2 Å². The largest absolute Gasteiger partial charge is 0.454 e. The van der Waals surface area contributed by atoms with Gasteiger partial charge in [0.1, 0.15) is 0 Å². The molecule has 8 nitrogen and oxygen atoms in total. The number of hydrazine groups is 1. The van der Waals surface area contributed by atoms with Crippen molar-refractivity contribution in [2.75, 3.05) is 19.9 Å². The van der Waals surface area contributed by atoms with E-state index in [1.165, 1.54) is 10.0 Å². The molecule has 1 aromatic carbocycles. The number of rotatable bonds is 3. The maximum absolute atomic E-state index is 12.6. The van der Waals surface area contributed by atoms with E-state index in [4.69, 9.17) is 9.47 Å². The number of hydrogen-bond donors (Lipinski definition) is 0. The first-order chi connectivity index (χ1) is 11.7. The summed E-state index contributed by atoms with van der Waals surface area (Å²) in [6.07, 6.45) is 0.936. The van der Waals surface area contributed by atoms with Crippen molar-refractivity contribution in [3.05, 3.63) is 34.8 Å². The highest BCUT2D eigenvalue weighted by Crippen LogP contribution is 2.32. The lowest BCUT2D eigenvalue weighted by Gasteiger charge is -2.27. The van der Waals surface area contributed by atoms with E-state index < -0.39 is 0 Å². The Morgan fingerprint density at radius 1 is 1.17 bits per heavy atom. The van der Waals surface area contributed by atoms with Gasteiger partial charge in [0.15, 0.2) is 17.2 Å². The average molecular weight is 346 g/mol. The second-order valence-corrected chi connectivity index (χ2v) is 6.06. The zero-order valence-corrected chi connectivity index (χ0v) is 13.5. The molecule has 0 bridgehead atoms. The van der Waals surface area contributed by atoms with Crippen LogP contribution in [0.1, 0.15) is 22.5 Å². The third-order valence-corrected chi connectivity index (χ3v) is 4.43. The fourth-order valence-electron chi connectivity index (χ4n) is 2.79. The molecule has 0 atom stereocenters. The van der Waals surface area contributed by atoms with Crippen LogP contribution in [0.4, 0.5) is 0 Å². The van der Waals surface area contributed by atoms with Crippen molar-refractivity contribution in [1.82, 2.24) is 19.6 Å². The first-order valence-electron chi connectivity index (χ1n) is 7.50. The molecule has 0 saturated carbocycles. The lowest BCUT2D eigenvalue weighted by Crippen LogP contribution is -2.45. The molecule has 1 saturated heterocycles. The van der Waals surface area contributed by atoms with Gasteiger partial charge < -0.3 is 9.47 Å². The first-order valence-corrected chi connectivity index (χ1v) is 8.34. The lowest BCUT2D eigenvalue weighted by atomic mass is 10.1. The standard InChI is InChI=1S/C15H14N4O4S/c20-14(7-10-2-3-12-13(6-10)23-9-22-12)18-4-1-5-19(18)15(21)11-8-24-17-16-11/h2-3,6,8H,1,4-5,7,9H2. The third-order valence-electron chi connectivity index (χ3n) is 3.93. The van der Waals surface area contributed by atoms with Gasteiger partial charge in [-0.25, -0.2) is 5.01 Å². The van der Waals surface area contributed by atoms with E-state index in [0.29, 0.717) is 24.6 Å². The van der Waals surface area contributed by atoms with E-state index in [2.05, 4.69) is 9.59 Å². The normalized spacial score (nSPS) is 15.8. The number of ether oxygens (including phenoxy) is 2. The highest BCUT2D eigenvalue weighted by atomic mass is 32.1. The predicted octanol–water partition coefficient (Wildman–Crippen LogP) is 1.10. The molecule has 24 heavy (non-hydrogen) atoms. The molecule has 0 unspecified atom stereocenters. The van der Waals surface area contributed by atoms with E-state index in [1.807, 2.05) is 6.07 Å². The summed E-state index contributed by atoms with van der Waals surface area (Å²) in [4.78, 5) is 25.1. The van der Waals surface area contributed by atoms with Crippen molar-refractivity contribution in [2.45, 2.75) is 12.8 Å². The molecule has 0 spiro atoms. The summed E-state index contributed by atoms with van der Waals surface area (Å²) in [5.41, 5.74) is 1.08. The summed E-state index contributed by atoms with van der Waals surface area (Å²) >= 11 is 1.11. The predicted molar refractivity (Wildman–Crippen MR) is 83.5 cm³/mol. The number of carbonyl (C=O) groups excluding carboxylic acids is 2. The second-order valence-electron chi connectivity index (χ2n) is 5.45. The Morgan fingerprint density at radius 3 is 2.83 bits per heavy atom. The second kappa shape index (κ2) is 6.08. The number of nitrogens with zero attached hydrogens (tertiary/aromatic N) is 4. The van der Waals surface area contributed by atoms with Crippen LogP contribution in [0.3, 0.4) is 0 Å². The van der Waals surface area contributed by atoms with Crippen molar-refractivity contribution >= 4 is 23.3 Å². The Kier molecular flexibility index (Phi) is 3.77. The number of hydrogen-bond acceptors (Lipinski definition) is 7. The van der Waals surface area contributed by atoms with Crippen molar-refractivity contribution in [2.24, 2.45) is 0 Å². The molecule has 2 aromatic rings. The van der Waals surface area contributed by atoms with Gasteiger partial charge in [-0.3, -0.25) is 14.6 Å². The van der Waals surface area contributed by atoms with Crippen LogP contribution >= 0.6 is 11.5 Å². The zero-order chi connectivity index (χ0) is 16.5. The average Bonchev–Trinajstić information content (AvgIpc) is 3.33. The molecular weight excluding hydrogens is 332 g/mol. The molecule has 124 valence electrons. The Hall–Kier alpha value is -2.68. The molecular formula is C15H14N4O4S. The molecule has 2 aliphatic rings. The summed E-state index contributed by atoms with van der Waals surface area (Å²) in [5, 5.41) is 8.31. The van der Waals surface area contributed by atoms with E-state index >= 15 is 0 Å². The molecule has 3 heterocycles. The lowest BCUT2D eigenvalue weighted by molar-refractivity contribution is -0.139. The van der Waals surface area contributed by atoms with E-state index in [1.54, 1.807) is 17.5 Å². The zero-order valence-electron chi connectivity index (χ0n) is 12.7. The molecule has 2 aliphatic heterocycles. The van der Waals surface area contributed by atoms with Gasteiger partial charge in [0.2, 0.25) is 12.7 Å². The van der Waals surface area contributed by atoms with Crippen LogP contribution in [0.2, 0.25) is 0 Å². The highest BCUT2D eigenvalue weighted by molar-refractivity contribution is 7.03. The Labute approximate surface area is 141 Å². The number of fused-ring (bicyclic) bond motifs is 1. The fourth-order valence-corrected chi connectivity index (χ4v) is 3.22. The van der Waals surface area contributed by atoms with Gasteiger partial charge in [-0.15, -0.1) is 5.10 Å². The molecule has 1 fully saturated rings. The minimum Gasteiger partial charge on any atom is -0.454 e. The highest BCUT2D eigenvalue weighted by Gasteiger charge is 2.32. The number of amides is 2. The Balaban J connectivity index is 1.48. The van der Waals surface area contributed by atoms with Gasteiger partial charge in [-0.1, -0.05) is 10.6 Å². The summed E-state index contributed by atoms with van der Waals surface area (Å²) in [5.74, 6) is 0.895. The third kappa shape index (κ3) is 2.67. The monoisotopic (exact) mass is 346 g/mol. The smallest absolute Gasteiger partial charge is 0.293 e. The quantitative estimate of drug-likeness (QED) is 0.827. The van der Waals surface area contributed by atoms with Crippen LogP contribution in [0, 0.1) is 0 Å². The fraction of sp³-hybridized carbons (Fsp3) is 0.333. The summed E-state index contributed by atoms with van der Waals surface area (Å²) in [6.45, 7) is 1.22. The summed E-state index contributed by atoms with van der Waals surface area (Å²) in [7, 11) is 0. The molecule has 0 aliphatic carbocycles. The molecule has 2 amide bonds.